The van der Waals surface area contributed by atoms with Crippen LogP contribution in [0, 0.1) is 11.3 Å². The number of nitrogens with one attached hydrogen (secondary N) is 2. The van der Waals surface area contributed by atoms with E-state index in [4.69, 9.17) is 5.26 Å². The average molecular weight is 283 g/mol. The van der Waals surface area contributed by atoms with Crippen LogP contribution in [0.4, 0.5) is 10.5 Å². The van der Waals surface area contributed by atoms with Crippen molar-refractivity contribution in [2.24, 2.45) is 0 Å². The lowest BCUT2D eigenvalue weighted by molar-refractivity contribution is 0.121. The monoisotopic (exact) mass is 283 g/mol. The van der Waals surface area contributed by atoms with Crippen LogP contribution in [0.3, 0.4) is 0 Å². The van der Waals surface area contributed by atoms with E-state index in [0.29, 0.717) is 5.56 Å². The summed E-state index contributed by atoms with van der Waals surface area (Å²) in [5, 5.41) is 8.69. The molecule has 0 aliphatic carbocycles. The van der Waals surface area contributed by atoms with Crippen molar-refractivity contribution in [2.45, 2.75) is 20.0 Å². The second-order valence-electron chi connectivity index (χ2n) is 3.85. The highest BCUT2D eigenvalue weighted by atomic mass is 32.2. The minimum absolute atomic E-state index is 0.170. The fourth-order valence-electron chi connectivity index (χ4n) is 1.18. The summed E-state index contributed by atoms with van der Waals surface area (Å²) in [5.41, 5.74) is 0.467. The van der Waals surface area contributed by atoms with Gasteiger partial charge in [-0.25, -0.2) is 9.52 Å². The van der Waals surface area contributed by atoms with Crippen LogP contribution in [0.25, 0.3) is 0 Å². The highest BCUT2D eigenvalue weighted by molar-refractivity contribution is 7.91. The van der Waals surface area contributed by atoms with Crippen molar-refractivity contribution >= 4 is 22.0 Å². The van der Waals surface area contributed by atoms with Crippen molar-refractivity contribution in [1.82, 2.24) is 4.72 Å². The van der Waals surface area contributed by atoms with Gasteiger partial charge >= 0.3 is 16.3 Å². The summed E-state index contributed by atoms with van der Waals surface area (Å²) in [6.07, 6.45) is -1.50. The molecule has 0 heterocycles. The van der Waals surface area contributed by atoms with E-state index in [-0.39, 0.29) is 5.69 Å². The number of hydrogen-bond donors (Lipinski definition) is 2. The molecule has 0 fully saturated rings. The molecule has 0 aliphatic rings. The number of carbonyl (C=O) groups excluding carboxylic acids is 1. The third-order valence-corrected chi connectivity index (χ3v) is 2.74. The first kappa shape index (κ1) is 14.8. The number of amides is 1. The predicted molar refractivity (Wildman–Crippen MR) is 68.5 cm³/mol. The van der Waals surface area contributed by atoms with Crippen molar-refractivity contribution < 1.29 is 17.9 Å². The Morgan fingerprint density at radius 1 is 1.42 bits per heavy atom. The molecule has 2 N–H and O–H groups in total. The van der Waals surface area contributed by atoms with Gasteiger partial charge in [0.15, 0.2) is 0 Å². The molecule has 0 aromatic heterocycles. The Bertz CT molecular complexity index is 605. The molecule has 1 rings (SSSR count). The molecule has 0 aliphatic heterocycles. The van der Waals surface area contributed by atoms with Crippen LogP contribution in [0.15, 0.2) is 24.3 Å². The summed E-state index contributed by atoms with van der Waals surface area (Å²) >= 11 is 0. The minimum atomic E-state index is -4.09. The topological polar surface area (TPSA) is 108 Å². The van der Waals surface area contributed by atoms with Crippen molar-refractivity contribution in [3.8, 4) is 6.07 Å². The van der Waals surface area contributed by atoms with Gasteiger partial charge in [0.2, 0.25) is 0 Å². The van der Waals surface area contributed by atoms with E-state index in [1.807, 2.05) is 6.07 Å². The van der Waals surface area contributed by atoms with Gasteiger partial charge in [-0.05, 0) is 32.0 Å². The highest BCUT2D eigenvalue weighted by Gasteiger charge is 2.16. The first-order chi connectivity index (χ1) is 8.82. The lowest BCUT2D eigenvalue weighted by atomic mass is 10.2. The molecule has 0 radical (unpaired) electrons. The number of carbonyl (C=O) groups is 1. The Hall–Kier alpha value is -2.27. The van der Waals surface area contributed by atoms with Crippen molar-refractivity contribution in [2.75, 3.05) is 4.72 Å². The molecule has 102 valence electrons. The first-order valence-electron chi connectivity index (χ1n) is 5.34. The number of anilines is 1. The summed E-state index contributed by atoms with van der Waals surface area (Å²) in [5.74, 6) is 0. The number of benzene rings is 1. The first-order valence-corrected chi connectivity index (χ1v) is 6.82. The summed E-state index contributed by atoms with van der Waals surface area (Å²) in [4.78, 5) is 11.2. The van der Waals surface area contributed by atoms with Gasteiger partial charge in [0, 0.05) is 0 Å². The lowest BCUT2D eigenvalue weighted by Gasteiger charge is -2.11. The molecular formula is C11H13N3O4S. The molecule has 1 aromatic carbocycles. The van der Waals surface area contributed by atoms with Gasteiger partial charge in [-0.3, -0.25) is 4.72 Å². The molecule has 0 spiro atoms. The van der Waals surface area contributed by atoms with Crippen LogP contribution >= 0.6 is 0 Å². The van der Waals surface area contributed by atoms with Crippen LogP contribution < -0.4 is 9.44 Å². The van der Waals surface area contributed by atoms with Gasteiger partial charge in [0.25, 0.3) is 0 Å². The van der Waals surface area contributed by atoms with Crippen LogP contribution in [0.2, 0.25) is 0 Å². The van der Waals surface area contributed by atoms with Crippen LogP contribution in [-0.2, 0) is 14.9 Å². The van der Waals surface area contributed by atoms with E-state index in [9.17, 15) is 13.2 Å². The van der Waals surface area contributed by atoms with Gasteiger partial charge in [0.1, 0.15) is 0 Å². The molecule has 0 bridgehead atoms. The predicted octanol–water partition coefficient (Wildman–Crippen LogP) is 1.35. The van der Waals surface area contributed by atoms with Gasteiger partial charge < -0.3 is 4.74 Å². The standard InChI is InChI=1S/C11H13N3O4S/c1-8(2)18-11(15)14-19(16,17)13-10-5-3-4-9(6-10)7-12/h3-6,8,13H,1-2H3,(H,14,15). The highest BCUT2D eigenvalue weighted by Crippen LogP contribution is 2.10. The zero-order valence-electron chi connectivity index (χ0n) is 10.4. The maximum absolute atomic E-state index is 11.6. The zero-order valence-corrected chi connectivity index (χ0v) is 11.2. The molecule has 7 nitrogen and oxygen atoms in total. The van der Waals surface area contributed by atoms with Gasteiger partial charge in [-0.1, -0.05) is 6.07 Å². The van der Waals surface area contributed by atoms with E-state index in [1.54, 1.807) is 18.6 Å². The molecule has 19 heavy (non-hydrogen) atoms. The lowest BCUT2D eigenvalue weighted by Crippen LogP contribution is -2.36. The van der Waals surface area contributed by atoms with Gasteiger partial charge in [0.05, 0.1) is 23.4 Å². The smallest absolute Gasteiger partial charge is 0.422 e. The fraction of sp³-hybridized carbons (Fsp3) is 0.273. The third-order valence-electron chi connectivity index (χ3n) is 1.80. The summed E-state index contributed by atoms with van der Waals surface area (Å²) in [6, 6.07) is 7.71. The maximum atomic E-state index is 11.6. The van der Waals surface area contributed by atoms with Crippen LogP contribution in [0.1, 0.15) is 19.4 Å². The second kappa shape index (κ2) is 6.06. The van der Waals surface area contributed by atoms with Crippen molar-refractivity contribution in [3.05, 3.63) is 29.8 Å². The molecular weight excluding hydrogens is 270 g/mol. The molecule has 8 heteroatoms. The fourth-order valence-corrected chi connectivity index (χ4v) is 1.94. The zero-order chi connectivity index (χ0) is 14.5. The van der Waals surface area contributed by atoms with Crippen molar-refractivity contribution in [3.63, 3.8) is 0 Å². The number of nitriles is 1. The Labute approximate surface area is 111 Å². The third kappa shape index (κ3) is 5.27. The maximum Gasteiger partial charge on any atom is 0.422 e. The van der Waals surface area contributed by atoms with Gasteiger partial charge in [-0.15, -0.1) is 0 Å². The number of rotatable bonds is 4. The number of nitrogens with zero attached hydrogens (tertiary/aromatic N) is 1. The second-order valence-corrected chi connectivity index (χ2v) is 5.27. The molecule has 0 saturated heterocycles. The normalized spacial score (nSPS) is 10.6. The van der Waals surface area contributed by atoms with Crippen molar-refractivity contribution in [1.29, 1.82) is 5.26 Å². The summed E-state index contributed by atoms with van der Waals surface area (Å²) < 4.78 is 31.6. The van der Waals surface area contributed by atoms with E-state index in [1.165, 1.54) is 24.3 Å². The van der Waals surface area contributed by atoms with E-state index in [2.05, 4.69) is 9.46 Å². The number of hydrogen-bond acceptors (Lipinski definition) is 5. The summed E-state index contributed by atoms with van der Waals surface area (Å²) in [6.45, 7) is 3.19. The Kier molecular flexibility index (Phi) is 4.72. The molecule has 1 amide bonds. The summed E-state index contributed by atoms with van der Waals surface area (Å²) in [7, 11) is -4.09. The molecule has 1 aromatic rings. The molecule has 0 atom stereocenters. The van der Waals surface area contributed by atoms with Gasteiger partial charge in [-0.2, -0.15) is 13.7 Å². The number of ether oxygens (including phenoxy) is 1. The van der Waals surface area contributed by atoms with E-state index in [0.717, 1.165) is 0 Å². The Morgan fingerprint density at radius 2 is 2.11 bits per heavy atom. The Balaban J connectivity index is 2.74. The SMILES string of the molecule is CC(C)OC(=O)NS(=O)(=O)Nc1cccc(C#N)c1. The Morgan fingerprint density at radius 3 is 2.68 bits per heavy atom. The minimum Gasteiger partial charge on any atom is -0.446 e. The van der Waals surface area contributed by atoms with E-state index < -0.39 is 22.4 Å². The molecule has 0 saturated carbocycles. The quantitative estimate of drug-likeness (QED) is 0.867. The molecule has 0 unspecified atom stereocenters. The van der Waals surface area contributed by atoms with Crippen LogP contribution in [-0.4, -0.2) is 20.6 Å². The van der Waals surface area contributed by atoms with E-state index >= 15 is 0 Å². The largest absolute Gasteiger partial charge is 0.446 e. The van der Waals surface area contributed by atoms with Crippen LogP contribution in [0.5, 0.6) is 0 Å². The average Bonchev–Trinajstić information content (AvgIpc) is 2.26.